The molecule has 0 spiro atoms. The average Bonchev–Trinajstić information content (AvgIpc) is 2.36. The van der Waals surface area contributed by atoms with Crippen molar-refractivity contribution < 1.29 is 9.47 Å². The number of nitrogens with two attached hydrogens (primary N) is 1. The molecule has 0 amide bonds. The first kappa shape index (κ1) is 16.9. The predicted molar refractivity (Wildman–Crippen MR) is 80.8 cm³/mol. The van der Waals surface area contributed by atoms with Crippen LogP contribution in [0.4, 0.5) is 0 Å². The van der Waals surface area contributed by atoms with Crippen LogP contribution in [0.15, 0.2) is 6.20 Å². The van der Waals surface area contributed by atoms with Crippen molar-refractivity contribution in [2.24, 2.45) is 5.84 Å². The van der Waals surface area contributed by atoms with Gasteiger partial charge in [-0.1, -0.05) is 0 Å². The highest BCUT2D eigenvalue weighted by atomic mass is 16.5. The number of ether oxygens (including phenoxy) is 2. The Balaban J connectivity index is 2.80. The minimum Gasteiger partial charge on any atom is -0.496 e. The molecule has 0 fully saturated rings. The fourth-order valence-corrected chi connectivity index (χ4v) is 2.03. The van der Waals surface area contributed by atoms with Gasteiger partial charge in [0.1, 0.15) is 5.75 Å². The van der Waals surface area contributed by atoms with Gasteiger partial charge in [0.15, 0.2) is 0 Å². The van der Waals surface area contributed by atoms with Crippen molar-refractivity contribution in [3.63, 3.8) is 0 Å². The summed E-state index contributed by atoms with van der Waals surface area (Å²) in [6.45, 7) is 10.6. The van der Waals surface area contributed by atoms with Gasteiger partial charge in [0, 0.05) is 35.5 Å². The van der Waals surface area contributed by atoms with Crippen molar-refractivity contribution in [2.75, 3.05) is 13.7 Å². The van der Waals surface area contributed by atoms with E-state index in [-0.39, 0.29) is 11.6 Å². The molecular formula is C15H27N3O2. The normalized spacial score (nSPS) is 13.3. The summed E-state index contributed by atoms with van der Waals surface area (Å²) in [5.41, 5.74) is 5.70. The summed E-state index contributed by atoms with van der Waals surface area (Å²) in [6, 6.07) is 0.0211. The molecule has 1 aromatic rings. The van der Waals surface area contributed by atoms with Gasteiger partial charge in [-0.25, -0.2) is 0 Å². The fourth-order valence-electron chi connectivity index (χ4n) is 2.03. The van der Waals surface area contributed by atoms with Gasteiger partial charge in [-0.2, -0.15) is 0 Å². The maximum atomic E-state index is 5.77. The number of hydrogen-bond acceptors (Lipinski definition) is 5. The number of methoxy groups -OCH3 is 1. The van der Waals surface area contributed by atoms with Crippen LogP contribution in [-0.4, -0.2) is 30.3 Å². The van der Waals surface area contributed by atoms with E-state index in [9.17, 15) is 0 Å². The highest BCUT2D eigenvalue weighted by molar-refractivity contribution is 5.41. The van der Waals surface area contributed by atoms with E-state index in [1.165, 1.54) is 0 Å². The van der Waals surface area contributed by atoms with Crippen LogP contribution in [0.25, 0.3) is 0 Å². The zero-order valence-electron chi connectivity index (χ0n) is 13.4. The molecule has 5 nitrogen and oxygen atoms in total. The van der Waals surface area contributed by atoms with E-state index in [0.717, 1.165) is 22.6 Å². The maximum absolute atomic E-state index is 5.77. The van der Waals surface area contributed by atoms with Gasteiger partial charge in [-0.05, 0) is 34.6 Å². The van der Waals surface area contributed by atoms with Crippen LogP contribution < -0.4 is 16.0 Å². The minimum absolute atomic E-state index is 0.0211. The Hall–Kier alpha value is -1.17. The lowest BCUT2D eigenvalue weighted by atomic mass is 10.0. The van der Waals surface area contributed by atoms with E-state index < -0.39 is 0 Å². The second kappa shape index (κ2) is 7.02. The van der Waals surface area contributed by atoms with Crippen LogP contribution in [0.2, 0.25) is 0 Å². The van der Waals surface area contributed by atoms with Gasteiger partial charge >= 0.3 is 0 Å². The van der Waals surface area contributed by atoms with Crippen LogP contribution in [-0.2, 0) is 11.2 Å². The van der Waals surface area contributed by atoms with Gasteiger partial charge in [0.25, 0.3) is 0 Å². The Morgan fingerprint density at radius 1 is 1.35 bits per heavy atom. The van der Waals surface area contributed by atoms with Crippen LogP contribution >= 0.6 is 0 Å². The molecule has 0 radical (unpaired) electrons. The molecule has 0 saturated carbocycles. The highest BCUT2D eigenvalue weighted by Crippen LogP contribution is 2.24. The number of nitrogens with zero attached hydrogens (tertiary/aromatic N) is 1. The molecule has 1 heterocycles. The fraction of sp³-hybridized carbons (Fsp3) is 0.667. The molecule has 0 aromatic carbocycles. The molecule has 5 heteroatoms. The number of aromatic nitrogens is 1. The molecular weight excluding hydrogens is 254 g/mol. The van der Waals surface area contributed by atoms with Crippen molar-refractivity contribution >= 4 is 0 Å². The molecule has 1 atom stereocenters. The van der Waals surface area contributed by atoms with E-state index >= 15 is 0 Å². The van der Waals surface area contributed by atoms with Crippen LogP contribution in [0.3, 0.4) is 0 Å². The van der Waals surface area contributed by atoms with E-state index in [0.29, 0.717) is 13.0 Å². The molecule has 1 rings (SSSR count). The topological polar surface area (TPSA) is 69.4 Å². The third-order valence-corrected chi connectivity index (χ3v) is 3.14. The Bertz CT molecular complexity index is 441. The van der Waals surface area contributed by atoms with Gasteiger partial charge in [0.05, 0.1) is 19.3 Å². The summed E-state index contributed by atoms with van der Waals surface area (Å²) >= 11 is 0. The number of hydrazine groups is 1. The molecule has 0 aliphatic rings. The Kier molecular flexibility index (Phi) is 5.92. The van der Waals surface area contributed by atoms with Crippen LogP contribution in [0.5, 0.6) is 5.75 Å². The lowest BCUT2D eigenvalue weighted by molar-refractivity contribution is -0.0144. The third kappa shape index (κ3) is 4.74. The third-order valence-electron chi connectivity index (χ3n) is 3.14. The lowest BCUT2D eigenvalue weighted by Gasteiger charge is -2.24. The molecule has 0 saturated heterocycles. The average molecular weight is 281 g/mol. The summed E-state index contributed by atoms with van der Waals surface area (Å²) in [7, 11) is 1.68. The molecule has 1 unspecified atom stereocenters. The molecule has 1 aromatic heterocycles. The smallest absolute Gasteiger partial charge is 0.128 e. The van der Waals surface area contributed by atoms with Crippen molar-refractivity contribution in [3.05, 3.63) is 23.0 Å². The van der Waals surface area contributed by atoms with Gasteiger partial charge in [-0.3, -0.25) is 16.3 Å². The Labute approximate surface area is 121 Å². The highest BCUT2D eigenvalue weighted by Gasteiger charge is 2.18. The van der Waals surface area contributed by atoms with E-state index in [2.05, 4.69) is 10.4 Å². The van der Waals surface area contributed by atoms with E-state index in [4.69, 9.17) is 15.3 Å². The molecule has 20 heavy (non-hydrogen) atoms. The van der Waals surface area contributed by atoms with Gasteiger partial charge < -0.3 is 9.47 Å². The monoisotopic (exact) mass is 281 g/mol. The summed E-state index contributed by atoms with van der Waals surface area (Å²) in [6.07, 6.45) is 2.54. The summed E-state index contributed by atoms with van der Waals surface area (Å²) in [5, 5.41) is 0. The van der Waals surface area contributed by atoms with Crippen molar-refractivity contribution in [3.8, 4) is 5.75 Å². The number of pyridine rings is 1. The Morgan fingerprint density at radius 3 is 2.50 bits per heavy atom. The molecule has 114 valence electrons. The lowest BCUT2D eigenvalue weighted by Crippen LogP contribution is -2.42. The Morgan fingerprint density at radius 2 is 2.00 bits per heavy atom. The molecule has 0 aliphatic heterocycles. The van der Waals surface area contributed by atoms with Gasteiger partial charge in [0.2, 0.25) is 0 Å². The quantitative estimate of drug-likeness (QED) is 0.615. The first-order valence-corrected chi connectivity index (χ1v) is 6.87. The SMILES string of the molecule is COc1c(C)cnc(CC(COC(C)(C)C)NN)c1C. The van der Waals surface area contributed by atoms with Crippen molar-refractivity contribution in [1.29, 1.82) is 0 Å². The second-order valence-corrected chi connectivity index (χ2v) is 6.04. The summed E-state index contributed by atoms with van der Waals surface area (Å²) in [5.74, 6) is 6.50. The molecule has 0 bridgehead atoms. The number of aryl methyl sites for hydroxylation is 1. The van der Waals surface area contributed by atoms with Crippen LogP contribution in [0, 0.1) is 13.8 Å². The number of hydrogen-bond donors (Lipinski definition) is 2. The van der Waals surface area contributed by atoms with Crippen molar-refractivity contribution in [2.45, 2.75) is 52.7 Å². The molecule has 0 aliphatic carbocycles. The zero-order valence-corrected chi connectivity index (χ0v) is 13.4. The van der Waals surface area contributed by atoms with Crippen molar-refractivity contribution in [1.82, 2.24) is 10.4 Å². The second-order valence-electron chi connectivity index (χ2n) is 6.04. The van der Waals surface area contributed by atoms with E-state index in [1.807, 2.05) is 40.8 Å². The predicted octanol–water partition coefficient (Wildman–Crippen LogP) is 1.90. The van der Waals surface area contributed by atoms with Crippen LogP contribution in [0.1, 0.15) is 37.6 Å². The largest absolute Gasteiger partial charge is 0.496 e. The standard InChI is InChI=1S/C15H27N3O2/c1-10-8-17-13(11(2)14(10)19-6)7-12(18-16)9-20-15(3,4)5/h8,12,18H,7,9,16H2,1-6H3. The number of rotatable bonds is 6. The zero-order chi connectivity index (χ0) is 15.3. The summed E-state index contributed by atoms with van der Waals surface area (Å²) < 4.78 is 11.2. The first-order chi connectivity index (χ1) is 9.28. The maximum Gasteiger partial charge on any atom is 0.128 e. The van der Waals surface area contributed by atoms with Gasteiger partial charge in [-0.15, -0.1) is 0 Å². The first-order valence-electron chi connectivity index (χ1n) is 6.87. The molecule has 3 N–H and O–H groups in total. The summed E-state index contributed by atoms with van der Waals surface area (Å²) in [4.78, 5) is 4.49. The minimum atomic E-state index is -0.178. The van der Waals surface area contributed by atoms with E-state index in [1.54, 1.807) is 7.11 Å². The number of nitrogens with one attached hydrogen (secondary N) is 1.